The summed E-state index contributed by atoms with van der Waals surface area (Å²) in [6.45, 7) is 0. The highest BCUT2D eigenvalue weighted by atomic mass is 31.2. The molecule has 0 aromatic rings. The third-order valence-electron chi connectivity index (χ3n) is 0.842. The van der Waals surface area contributed by atoms with Crippen LogP contribution in [0.3, 0.4) is 0 Å². The summed E-state index contributed by atoms with van der Waals surface area (Å²) in [6.07, 6.45) is -0.597. The van der Waals surface area contributed by atoms with Crippen LogP contribution in [0.4, 0.5) is 0 Å². The summed E-state index contributed by atoms with van der Waals surface area (Å²) in [6, 6.07) is 0. The molecule has 0 spiro atoms. The zero-order valence-electron chi connectivity index (χ0n) is 6.44. The molecule has 11 heavy (non-hydrogen) atoms. The van der Waals surface area contributed by atoms with Crippen LogP contribution in [-0.4, -0.2) is 31.2 Å². The van der Waals surface area contributed by atoms with Gasteiger partial charge in [0, 0.05) is 7.11 Å². The van der Waals surface area contributed by atoms with Gasteiger partial charge in [-0.3, -0.25) is 9.36 Å². The van der Waals surface area contributed by atoms with Crippen LogP contribution in [0.5, 0.6) is 0 Å². The lowest BCUT2D eigenvalue weighted by Gasteiger charge is -2.05. The minimum absolute atomic E-state index is 0. The van der Waals surface area contributed by atoms with Crippen molar-refractivity contribution in [3.63, 3.8) is 0 Å². The third-order valence-corrected chi connectivity index (χ3v) is 2.07. The van der Waals surface area contributed by atoms with Gasteiger partial charge in [0.15, 0.2) is 0 Å². The fourth-order valence-electron chi connectivity index (χ4n) is 0.292. The van der Waals surface area contributed by atoms with Gasteiger partial charge in [0.2, 0.25) is 0 Å². The quantitative estimate of drug-likeness (QED) is 0.478. The van der Waals surface area contributed by atoms with Crippen molar-refractivity contribution in [2.45, 2.75) is 0 Å². The molecule has 1 atom stereocenters. The number of ether oxygens (including phenoxy) is 1. The third kappa shape index (κ3) is 6.00. The molecule has 0 aliphatic carbocycles. The summed E-state index contributed by atoms with van der Waals surface area (Å²) in [4.78, 5) is 19.0. The predicted molar refractivity (Wildman–Crippen MR) is 38.7 cm³/mol. The van der Waals surface area contributed by atoms with Gasteiger partial charge in [-0.1, -0.05) is 0 Å². The molecule has 1 unspecified atom stereocenters. The molecule has 6 nitrogen and oxygen atoms in total. The average Bonchev–Trinajstić information content (AvgIpc) is 1.87. The van der Waals surface area contributed by atoms with Crippen LogP contribution in [0.15, 0.2) is 0 Å². The molecule has 0 rings (SSSR count). The first-order chi connectivity index (χ1) is 4.52. The first kappa shape index (κ1) is 13.2. The van der Waals surface area contributed by atoms with Crippen LogP contribution < -0.4 is 6.15 Å². The molecular formula is C4H12NO5P. The van der Waals surface area contributed by atoms with Crippen molar-refractivity contribution in [1.29, 1.82) is 0 Å². The number of methoxy groups -OCH3 is 1. The fraction of sp³-hybridized carbons (Fsp3) is 0.750. The molecule has 0 aromatic heterocycles. The molecule has 0 heterocycles. The van der Waals surface area contributed by atoms with Gasteiger partial charge < -0.3 is 20.3 Å². The smallest absolute Gasteiger partial charge is 0.339 e. The van der Waals surface area contributed by atoms with Crippen molar-refractivity contribution in [2.24, 2.45) is 0 Å². The Kier molecular flexibility index (Phi) is 6.31. The second-order valence-corrected chi connectivity index (χ2v) is 3.51. The predicted octanol–water partition coefficient (Wildman–Crippen LogP) is 0.153. The van der Waals surface area contributed by atoms with Crippen LogP contribution in [0, 0.1) is 0 Å². The molecule has 4 N–H and O–H groups in total. The lowest BCUT2D eigenvalue weighted by Crippen LogP contribution is -2.07. The van der Waals surface area contributed by atoms with Gasteiger partial charge in [-0.15, -0.1) is 0 Å². The van der Waals surface area contributed by atoms with Gasteiger partial charge in [0.25, 0.3) is 0 Å². The lowest BCUT2D eigenvalue weighted by molar-refractivity contribution is -0.137. The second-order valence-electron chi connectivity index (χ2n) is 1.55. The van der Waals surface area contributed by atoms with Crippen LogP contribution >= 0.6 is 7.60 Å². The number of rotatable bonds is 3. The number of hydrogen-bond acceptors (Lipinski definition) is 5. The summed E-state index contributed by atoms with van der Waals surface area (Å²) in [5.74, 6) is -0.757. The van der Waals surface area contributed by atoms with Crippen LogP contribution in [0.1, 0.15) is 0 Å². The summed E-state index contributed by atoms with van der Waals surface area (Å²) in [5.41, 5.74) is 0. The van der Waals surface area contributed by atoms with E-state index in [2.05, 4.69) is 9.26 Å². The van der Waals surface area contributed by atoms with E-state index in [4.69, 9.17) is 4.89 Å². The van der Waals surface area contributed by atoms with Gasteiger partial charge in [-0.05, 0) is 0 Å². The standard InChI is InChI=1S/C4H9O5P.H3N/c1-8-4(5)3-10(6,7)9-2;/h3H2,1-2H3,(H,6,7);1H3. The highest BCUT2D eigenvalue weighted by molar-refractivity contribution is 7.53. The fourth-order valence-corrected chi connectivity index (χ4v) is 0.877. The number of carbonyl (C=O) groups excluding carboxylic acids is 1. The Balaban J connectivity index is 0. The molecule has 0 bridgehead atoms. The van der Waals surface area contributed by atoms with Crippen molar-refractivity contribution in [3.05, 3.63) is 0 Å². The Labute approximate surface area is 64.6 Å². The second kappa shape index (κ2) is 5.26. The van der Waals surface area contributed by atoms with Crippen LogP contribution in [0.25, 0.3) is 0 Å². The van der Waals surface area contributed by atoms with Crippen LogP contribution in [-0.2, 0) is 18.6 Å². The van der Waals surface area contributed by atoms with E-state index in [1.54, 1.807) is 0 Å². The van der Waals surface area contributed by atoms with Crippen LogP contribution in [0.2, 0.25) is 0 Å². The average molecular weight is 185 g/mol. The van der Waals surface area contributed by atoms with E-state index in [1.165, 1.54) is 0 Å². The molecule has 0 aliphatic heterocycles. The molecule has 0 fully saturated rings. The molecule has 0 radical (unpaired) electrons. The van der Waals surface area contributed by atoms with E-state index in [1.807, 2.05) is 0 Å². The zero-order chi connectivity index (χ0) is 8.20. The Bertz CT molecular complexity index is 170. The minimum atomic E-state index is -3.72. The number of hydrogen-bond donors (Lipinski definition) is 2. The molecule has 7 heteroatoms. The van der Waals surface area contributed by atoms with Gasteiger partial charge in [0.05, 0.1) is 7.11 Å². The van der Waals surface area contributed by atoms with Gasteiger partial charge in [0.1, 0.15) is 6.16 Å². The molecule has 0 saturated carbocycles. The van der Waals surface area contributed by atoms with Gasteiger partial charge >= 0.3 is 13.6 Å². The molecule has 0 saturated heterocycles. The summed E-state index contributed by atoms with van der Waals surface area (Å²) >= 11 is 0. The Morgan fingerprint density at radius 2 is 2.00 bits per heavy atom. The summed E-state index contributed by atoms with van der Waals surface area (Å²) in [5, 5.41) is 0. The molecule has 0 aliphatic rings. The summed E-state index contributed by atoms with van der Waals surface area (Å²) in [7, 11) is -1.52. The van der Waals surface area contributed by atoms with E-state index >= 15 is 0 Å². The number of carbonyl (C=O) groups is 1. The largest absolute Gasteiger partial charge is 0.469 e. The van der Waals surface area contributed by atoms with E-state index in [-0.39, 0.29) is 6.15 Å². The number of esters is 1. The minimum Gasteiger partial charge on any atom is -0.469 e. The van der Waals surface area contributed by atoms with Crippen molar-refractivity contribution < 1.29 is 23.5 Å². The monoisotopic (exact) mass is 185 g/mol. The highest BCUT2D eigenvalue weighted by Crippen LogP contribution is 2.40. The lowest BCUT2D eigenvalue weighted by atomic mass is 10.8. The maximum Gasteiger partial charge on any atom is 0.339 e. The van der Waals surface area contributed by atoms with Crippen molar-refractivity contribution in [2.75, 3.05) is 20.4 Å². The van der Waals surface area contributed by atoms with Crippen molar-refractivity contribution >= 4 is 13.6 Å². The maximum atomic E-state index is 10.6. The maximum absolute atomic E-state index is 10.6. The van der Waals surface area contributed by atoms with E-state index in [9.17, 15) is 9.36 Å². The van der Waals surface area contributed by atoms with Crippen molar-refractivity contribution in [3.8, 4) is 0 Å². The zero-order valence-corrected chi connectivity index (χ0v) is 7.34. The molecule has 0 amide bonds. The van der Waals surface area contributed by atoms with Gasteiger partial charge in [-0.2, -0.15) is 0 Å². The molecule has 0 aromatic carbocycles. The topological polar surface area (TPSA) is 108 Å². The SMILES string of the molecule is COC(=O)CP(=O)(O)OC.N. The first-order valence-electron chi connectivity index (χ1n) is 2.46. The van der Waals surface area contributed by atoms with E-state index in [0.717, 1.165) is 14.2 Å². The highest BCUT2D eigenvalue weighted by Gasteiger charge is 2.22. The normalized spacial score (nSPS) is 14.5. The first-order valence-corrected chi connectivity index (χ1v) is 4.22. The molecular weight excluding hydrogens is 173 g/mol. The summed E-state index contributed by atoms with van der Waals surface area (Å²) < 4.78 is 18.8. The Morgan fingerprint density at radius 3 is 2.27 bits per heavy atom. The Morgan fingerprint density at radius 1 is 1.55 bits per heavy atom. The van der Waals surface area contributed by atoms with E-state index in [0.29, 0.717) is 0 Å². The molecule has 68 valence electrons. The van der Waals surface area contributed by atoms with Gasteiger partial charge in [-0.25, -0.2) is 0 Å². The Hall–Kier alpha value is -0.420. The van der Waals surface area contributed by atoms with Crippen molar-refractivity contribution in [1.82, 2.24) is 6.15 Å². The van der Waals surface area contributed by atoms with E-state index < -0.39 is 19.7 Å².